The second kappa shape index (κ2) is 6.69. The number of nitrogens with one attached hydrogen (secondary N) is 2. The van der Waals surface area contributed by atoms with Gasteiger partial charge in [-0.3, -0.25) is 25.8 Å². The number of hydrazine groups is 1. The summed E-state index contributed by atoms with van der Waals surface area (Å²) in [6, 6.07) is 7.01. The fourth-order valence-corrected chi connectivity index (χ4v) is 1.97. The number of nitro groups is 1. The van der Waals surface area contributed by atoms with Crippen molar-refractivity contribution in [1.82, 2.24) is 15.4 Å². The fourth-order valence-electron chi connectivity index (χ4n) is 1.97. The van der Waals surface area contributed by atoms with E-state index in [1.54, 1.807) is 39.2 Å². The molecule has 0 atom stereocenters. The molecule has 1 amide bonds. The van der Waals surface area contributed by atoms with Crippen molar-refractivity contribution in [3.8, 4) is 0 Å². The Kier molecular flexibility index (Phi) is 4.69. The number of hydrogen-bond acceptors (Lipinski definition) is 7. The fraction of sp³-hybridized carbons (Fsp3) is 0.214. The Bertz CT molecular complexity index is 747. The Balaban J connectivity index is 2.24. The monoisotopic (exact) mass is 316 g/mol. The van der Waals surface area contributed by atoms with Crippen molar-refractivity contribution >= 4 is 23.2 Å². The van der Waals surface area contributed by atoms with Gasteiger partial charge in [-0.25, -0.2) is 9.97 Å². The molecule has 0 bridgehead atoms. The summed E-state index contributed by atoms with van der Waals surface area (Å²) in [5.41, 5.74) is 5.85. The Morgan fingerprint density at radius 3 is 2.57 bits per heavy atom. The van der Waals surface area contributed by atoms with Crippen molar-refractivity contribution in [1.29, 1.82) is 0 Å². The number of anilines is 2. The molecule has 0 spiro atoms. The Labute approximate surface area is 132 Å². The van der Waals surface area contributed by atoms with Crippen LogP contribution >= 0.6 is 0 Å². The summed E-state index contributed by atoms with van der Waals surface area (Å²) in [5.74, 6) is -0.365. The summed E-state index contributed by atoms with van der Waals surface area (Å²) in [4.78, 5) is 32.0. The summed E-state index contributed by atoms with van der Waals surface area (Å²) in [6.07, 6.45) is 1.19. The smallest absolute Gasteiger partial charge is 0.355 e. The number of aromatic nitrogens is 2. The van der Waals surface area contributed by atoms with Crippen LogP contribution in [0.4, 0.5) is 17.3 Å². The molecule has 0 aliphatic rings. The van der Waals surface area contributed by atoms with E-state index in [-0.39, 0.29) is 17.3 Å². The largest absolute Gasteiger partial charge is 0.357 e. The minimum atomic E-state index is -0.600. The summed E-state index contributed by atoms with van der Waals surface area (Å²) in [5, 5.41) is 11.3. The molecule has 0 aliphatic carbocycles. The lowest BCUT2D eigenvalue weighted by Gasteiger charge is -2.14. The third-order valence-corrected chi connectivity index (χ3v) is 3.09. The van der Waals surface area contributed by atoms with Gasteiger partial charge >= 0.3 is 5.69 Å². The van der Waals surface area contributed by atoms with E-state index in [1.807, 2.05) is 6.07 Å². The predicted molar refractivity (Wildman–Crippen MR) is 85.3 cm³/mol. The van der Waals surface area contributed by atoms with Crippen LogP contribution in [-0.4, -0.2) is 34.9 Å². The lowest BCUT2D eigenvalue weighted by molar-refractivity contribution is -0.383. The van der Waals surface area contributed by atoms with Gasteiger partial charge < -0.3 is 4.90 Å². The molecule has 2 aromatic rings. The van der Waals surface area contributed by atoms with Gasteiger partial charge in [0.05, 0.1) is 4.92 Å². The lowest BCUT2D eigenvalue weighted by Crippen LogP contribution is -2.31. The van der Waals surface area contributed by atoms with Gasteiger partial charge in [0, 0.05) is 19.7 Å². The van der Waals surface area contributed by atoms with Crippen molar-refractivity contribution in [3.63, 3.8) is 0 Å². The van der Waals surface area contributed by atoms with Crippen molar-refractivity contribution in [2.75, 3.05) is 24.4 Å². The van der Waals surface area contributed by atoms with Gasteiger partial charge in [-0.1, -0.05) is 18.2 Å². The second-order valence-corrected chi connectivity index (χ2v) is 4.94. The van der Waals surface area contributed by atoms with Gasteiger partial charge in [0.25, 0.3) is 5.91 Å². The molecule has 0 saturated heterocycles. The first-order valence-electron chi connectivity index (χ1n) is 6.70. The highest BCUT2D eigenvalue weighted by Gasteiger charge is 2.24. The molecule has 2 rings (SSSR count). The molecule has 120 valence electrons. The molecule has 23 heavy (non-hydrogen) atoms. The Morgan fingerprint density at radius 1 is 1.26 bits per heavy atom. The summed E-state index contributed by atoms with van der Waals surface area (Å²) in [6.45, 7) is 1.80. The van der Waals surface area contributed by atoms with Crippen molar-refractivity contribution in [2.45, 2.75) is 6.92 Å². The molecule has 9 nitrogen and oxygen atoms in total. The molecule has 2 N–H and O–H groups in total. The number of carbonyl (C=O) groups excluding carboxylic acids is 1. The summed E-state index contributed by atoms with van der Waals surface area (Å²) < 4.78 is 0. The van der Waals surface area contributed by atoms with Crippen LogP contribution in [0.5, 0.6) is 0 Å². The van der Waals surface area contributed by atoms with Crippen LogP contribution in [0, 0.1) is 17.0 Å². The topological polar surface area (TPSA) is 113 Å². The van der Waals surface area contributed by atoms with E-state index in [0.717, 1.165) is 5.56 Å². The van der Waals surface area contributed by atoms with E-state index in [0.29, 0.717) is 5.56 Å². The van der Waals surface area contributed by atoms with Crippen LogP contribution in [-0.2, 0) is 0 Å². The van der Waals surface area contributed by atoms with E-state index in [4.69, 9.17) is 0 Å². The molecule has 0 radical (unpaired) electrons. The molecule has 0 fully saturated rings. The van der Waals surface area contributed by atoms with Crippen molar-refractivity contribution < 1.29 is 9.72 Å². The van der Waals surface area contributed by atoms with E-state index >= 15 is 0 Å². The zero-order valence-corrected chi connectivity index (χ0v) is 12.9. The lowest BCUT2D eigenvalue weighted by atomic mass is 10.1. The average molecular weight is 316 g/mol. The standard InChI is InChI=1S/C14H16N6O3/c1-9-6-4-5-7-10(9)14(21)18-17-12-11(20(22)23)13(19(2)3)16-8-15-12/h4-8H,1-3H3,(H,18,21)(H,15,16,17). The first kappa shape index (κ1) is 16.1. The zero-order chi connectivity index (χ0) is 17.0. The second-order valence-electron chi connectivity index (χ2n) is 4.94. The summed E-state index contributed by atoms with van der Waals surface area (Å²) >= 11 is 0. The molecule has 9 heteroatoms. The number of rotatable bonds is 5. The van der Waals surface area contributed by atoms with E-state index < -0.39 is 10.8 Å². The van der Waals surface area contributed by atoms with Gasteiger partial charge in [-0.15, -0.1) is 0 Å². The van der Waals surface area contributed by atoms with Gasteiger partial charge in [0.1, 0.15) is 6.33 Å². The zero-order valence-electron chi connectivity index (χ0n) is 12.9. The quantitative estimate of drug-likeness (QED) is 0.635. The van der Waals surface area contributed by atoms with Crippen molar-refractivity contribution in [3.05, 3.63) is 51.8 Å². The number of carbonyl (C=O) groups is 1. The number of hydrogen-bond donors (Lipinski definition) is 2. The Hall–Kier alpha value is -3.23. The van der Waals surface area contributed by atoms with Crippen LogP contribution < -0.4 is 15.8 Å². The molecule has 1 aromatic heterocycles. The SMILES string of the molecule is Cc1ccccc1C(=O)NNc1ncnc(N(C)C)c1[N+](=O)[O-]. The molecular weight excluding hydrogens is 300 g/mol. The van der Waals surface area contributed by atoms with Crippen LogP contribution in [0.1, 0.15) is 15.9 Å². The number of nitrogens with zero attached hydrogens (tertiary/aromatic N) is 4. The van der Waals surface area contributed by atoms with Gasteiger partial charge in [-0.2, -0.15) is 0 Å². The number of aryl methyl sites for hydroxylation is 1. The maximum absolute atomic E-state index is 12.1. The maximum atomic E-state index is 12.1. The third-order valence-electron chi connectivity index (χ3n) is 3.09. The molecule has 0 unspecified atom stereocenters. The molecular formula is C14H16N6O3. The predicted octanol–water partition coefficient (Wildman–Crippen LogP) is 1.52. The van der Waals surface area contributed by atoms with Crippen LogP contribution in [0.15, 0.2) is 30.6 Å². The summed E-state index contributed by atoms with van der Waals surface area (Å²) in [7, 11) is 3.26. The van der Waals surface area contributed by atoms with Crippen LogP contribution in [0.25, 0.3) is 0 Å². The first-order valence-corrected chi connectivity index (χ1v) is 6.70. The van der Waals surface area contributed by atoms with Gasteiger partial charge in [0.2, 0.25) is 11.6 Å². The van der Waals surface area contributed by atoms with Gasteiger partial charge in [-0.05, 0) is 18.6 Å². The van der Waals surface area contributed by atoms with Crippen molar-refractivity contribution in [2.24, 2.45) is 0 Å². The molecule has 1 aromatic carbocycles. The third kappa shape index (κ3) is 3.51. The van der Waals surface area contributed by atoms with E-state index in [9.17, 15) is 14.9 Å². The maximum Gasteiger partial charge on any atom is 0.355 e. The van der Waals surface area contributed by atoms with E-state index in [1.165, 1.54) is 11.2 Å². The molecule has 0 saturated carbocycles. The highest BCUT2D eigenvalue weighted by atomic mass is 16.6. The first-order chi connectivity index (χ1) is 10.9. The van der Waals surface area contributed by atoms with Crippen LogP contribution in [0.3, 0.4) is 0 Å². The average Bonchev–Trinajstić information content (AvgIpc) is 2.52. The Morgan fingerprint density at radius 2 is 1.96 bits per heavy atom. The highest BCUT2D eigenvalue weighted by Crippen LogP contribution is 2.29. The number of amides is 1. The molecule has 1 heterocycles. The number of benzene rings is 1. The minimum absolute atomic E-state index is 0.0874. The highest BCUT2D eigenvalue weighted by molar-refractivity contribution is 5.96. The normalized spacial score (nSPS) is 10.0. The molecule has 0 aliphatic heterocycles. The van der Waals surface area contributed by atoms with Crippen LogP contribution in [0.2, 0.25) is 0 Å². The van der Waals surface area contributed by atoms with Gasteiger partial charge in [0.15, 0.2) is 0 Å². The minimum Gasteiger partial charge on any atom is -0.357 e. The van der Waals surface area contributed by atoms with E-state index in [2.05, 4.69) is 20.8 Å².